The maximum atomic E-state index is 9.80. The van der Waals surface area contributed by atoms with Gasteiger partial charge in [0.2, 0.25) is 0 Å². The maximum absolute atomic E-state index is 9.80. The Morgan fingerprint density at radius 3 is 1.50 bits per heavy atom. The Morgan fingerprint density at radius 2 is 0.865 bits per heavy atom. The summed E-state index contributed by atoms with van der Waals surface area (Å²) >= 11 is 0. The molecule has 0 spiro atoms. The Morgan fingerprint density at radius 1 is 0.385 bits per heavy atom. The number of pyridine rings is 1. The van der Waals surface area contributed by atoms with Crippen LogP contribution in [0.3, 0.4) is 0 Å². The molecule has 0 aliphatic carbocycles. The Kier molecular flexibility index (Phi) is 6.84. The van der Waals surface area contributed by atoms with Gasteiger partial charge in [0.15, 0.2) is 0 Å². The zero-order valence-electron chi connectivity index (χ0n) is 28.1. The van der Waals surface area contributed by atoms with Crippen molar-refractivity contribution in [1.82, 2.24) is 14.1 Å². The number of fused-ring (bicyclic) bond motifs is 6. The van der Waals surface area contributed by atoms with Crippen LogP contribution in [0.25, 0.3) is 88.4 Å². The molecule has 3 aromatic heterocycles. The van der Waals surface area contributed by atoms with Crippen LogP contribution in [0.1, 0.15) is 5.56 Å². The van der Waals surface area contributed by atoms with Gasteiger partial charge in [-0.25, -0.2) is 0 Å². The van der Waals surface area contributed by atoms with Gasteiger partial charge in [-0.05, 0) is 95.1 Å². The molecular weight excluding hydrogens is 633 g/mol. The van der Waals surface area contributed by atoms with Gasteiger partial charge in [-0.2, -0.15) is 5.26 Å². The summed E-state index contributed by atoms with van der Waals surface area (Å²) in [4.78, 5) is 4.24. The average Bonchev–Trinajstić information content (AvgIpc) is 3.73. The maximum Gasteiger partial charge on any atom is 0.0991 e. The molecule has 0 amide bonds. The fourth-order valence-corrected chi connectivity index (χ4v) is 7.92. The van der Waals surface area contributed by atoms with E-state index in [0.717, 1.165) is 44.7 Å². The summed E-state index contributed by atoms with van der Waals surface area (Å²) in [5, 5.41) is 14.6. The van der Waals surface area contributed by atoms with Crippen LogP contribution in [0.5, 0.6) is 0 Å². The molecule has 10 rings (SSSR count). The molecule has 0 saturated carbocycles. The summed E-state index contributed by atoms with van der Waals surface area (Å²) < 4.78 is 4.73. The van der Waals surface area contributed by atoms with Crippen molar-refractivity contribution in [2.45, 2.75) is 0 Å². The smallest absolute Gasteiger partial charge is 0.0991 e. The van der Waals surface area contributed by atoms with Crippen molar-refractivity contribution in [3.05, 3.63) is 188 Å². The molecule has 3 heterocycles. The largest absolute Gasteiger partial charge is 0.309 e. The van der Waals surface area contributed by atoms with Gasteiger partial charge in [-0.3, -0.25) is 4.98 Å². The molecule has 4 nitrogen and oxygen atoms in total. The third kappa shape index (κ3) is 4.65. The number of benzene rings is 7. The first-order valence-electron chi connectivity index (χ1n) is 17.4. The third-order valence-corrected chi connectivity index (χ3v) is 10.3. The van der Waals surface area contributed by atoms with E-state index in [-0.39, 0.29) is 0 Å². The first kappa shape index (κ1) is 29.7. The zero-order valence-corrected chi connectivity index (χ0v) is 28.1. The summed E-state index contributed by atoms with van der Waals surface area (Å²) in [6.07, 6.45) is 3.60. The highest BCUT2D eigenvalue weighted by Gasteiger charge is 2.19. The quantitative estimate of drug-likeness (QED) is 0.184. The lowest BCUT2D eigenvalue weighted by Crippen LogP contribution is -1.98. The van der Waals surface area contributed by atoms with Gasteiger partial charge >= 0.3 is 0 Å². The van der Waals surface area contributed by atoms with Crippen LogP contribution in [0.2, 0.25) is 0 Å². The van der Waals surface area contributed by atoms with Crippen molar-refractivity contribution < 1.29 is 0 Å². The van der Waals surface area contributed by atoms with Crippen LogP contribution < -0.4 is 0 Å². The van der Waals surface area contributed by atoms with E-state index in [9.17, 15) is 5.26 Å². The topological polar surface area (TPSA) is 46.5 Å². The minimum absolute atomic E-state index is 0.622. The number of nitriles is 1. The number of rotatable bonds is 5. The minimum Gasteiger partial charge on any atom is -0.309 e. The Balaban J connectivity index is 1.19. The average molecular weight is 663 g/mol. The Labute approximate surface area is 300 Å². The predicted molar refractivity (Wildman–Crippen MR) is 214 cm³/mol. The molecule has 0 fully saturated rings. The van der Waals surface area contributed by atoms with Crippen molar-refractivity contribution in [2.24, 2.45) is 0 Å². The van der Waals surface area contributed by atoms with E-state index in [0.29, 0.717) is 5.56 Å². The van der Waals surface area contributed by atoms with Gasteiger partial charge in [-0.1, -0.05) is 97.1 Å². The molecule has 242 valence electrons. The van der Waals surface area contributed by atoms with Crippen molar-refractivity contribution in [1.29, 1.82) is 5.26 Å². The van der Waals surface area contributed by atoms with Crippen LogP contribution >= 0.6 is 0 Å². The Hall–Kier alpha value is -7.22. The molecule has 0 unspecified atom stereocenters. The van der Waals surface area contributed by atoms with E-state index >= 15 is 0 Å². The van der Waals surface area contributed by atoms with Crippen LogP contribution in [-0.2, 0) is 0 Å². The van der Waals surface area contributed by atoms with Crippen LogP contribution in [0.4, 0.5) is 0 Å². The predicted octanol–water partition coefficient (Wildman–Crippen LogP) is 12.1. The summed E-state index contributed by atoms with van der Waals surface area (Å²) in [5.41, 5.74) is 14.0. The van der Waals surface area contributed by atoms with E-state index in [1.807, 2.05) is 24.3 Å². The third-order valence-electron chi connectivity index (χ3n) is 10.3. The zero-order chi connectivity index (χ0) is 34.6. The van der Waals surface area contributed by atoms with Gasteiger partial charge in [0.1, 0.15) is 0 Å². The molecule has 0 bridgehead atoms. The molecule has 10 aromatic rings. The Bertz CT molecular complexity index is 2960. The molecule has 4 heteroatoms. The van der Waals surface area contributed by atoms with Gasteiger partial charge in [-0.15, -0.1) is 0 Å². The van der Waals surface area contributed by atoms with Crippen LogP contribution in [0, 0.1) is 11.3 Å². The van der Waals surface area contributed by atoms with Crippen LogP contribution in [-0.4, -0.2) is 14.1 Å². The second-order valence-electron chi connectivity index (χ2n) is 13.1. The highest BCUT2D eigenvalue weighted by atomic mass is 15.0. The minimum atomic E-state index is 0.622. The molecular formula is C48H30N4. The van der Waals surface area contributed by atoms with E-state index in [2.05, 4.69) is 166 Å². The van der Waals surface area contributed by atoms with E-state index in [4.69, 9.17) is 0 Å². The lowest BCUT2D eigenvalue weighted by atomic mass is 9.96. The molecule has 52 heavy (non-hydrogen) atoms. The van der Waals surface area contributed by atoms with E-state index in [1.165, 1.54) is 43.7 Å². The highest BCUT2D eigenvalue weighted by Crippen LogP contribution is 2.41. The van der Waals surface area contributed by atoms with E-state index in [1.54, 1.807) is 12.4 Å². The molecule has 0 aliphatic heterocycles. The van der Waals surface area contributed by atoms with Crippen molar-refractivity contribution in [3.8, 4) is 50.8 Å². The fourth-order valence-electron chi connectivity index (χ4n) is 7.92. The molecule has 0 N–H and O–H groups in total. The van der Waals surface area contributed by atoms with Crippen molar-refractivity contribution in [3.63, 3.8) is 0 Å². The summed E-state index contributed by atoms with van der Waals surface area (Å²) in [6.45, 7) is 0. The highest BCUT2D eigenvalue weighted by molar-refractivity contribution is 6.12. The molecule has 0 radical (unpaired) electrons. The first-order chi connectivity index (χ1) is 25.8. The lowest BCUT2D eigenvalue weighted by molar-refractivity contribution is 1.18. The lowest BCUT2D eigenvalue weighted by Gasteiger charge is -2.16. The number of para-hydroxylation sites is 3. The van der Waals surface area contributed by atoms with Gasteiger partial charge in [0, 0.05) is 45.1 Å². The second-order valence-corrected chi connectivity index (χ2v) is 13.1. The number of hydrogen-bond acceptors (Lipinski definition) is 2. The van der Waals surface area contributed by atoms with Gasteiger partial charge in [0.25, 0.3) is 0 Å². The number of aromatic nitrogens is 3. The fraction of sp³-hybridized carbons (Fsp3) is 0. The van der Waals surface area contributed by atoms with E-state index < -0.39 is 0 Å². The normalized spacial score (nSPS) is 11.4. The second kappa shape index (κ2) is 12.0. The summed E-state index contributed by atoms with van der Waals surface area (Å²) in [5.74, 6) is 0. The number of nitrogens with zero attached hydrogens (tertiary/aromatic N) is 4. The van der Waals surface area contributed by atoms with Crippen LogP contribution in [0.15, 0.2) is 182 Å². The summed E-state index contributed by atoms with van der Waals surface area (Å²) in [7, 11) is 0. The monoisotopic (exact) mass is 662 g/mol. The first-order valence-corrected chi connectivity index (χ1v) is 17.4. The van der Waals surface area contributed by atoms with Gasteiger partial charge < -0.3 is 9.13 Å². The van der Waals surface area contributed by atoms with Gasteiger partial charge in [0.05, 0.1) is 45.1 Å². The standard InChI is InChI=1S/C48H30N4/c49-31-32-18-21-46(40(28-32)34-24-26-50-27-25-34)52-45-17-9-6-14-39(45)42-30-36(20-23-48(42)52)35-19-22-47(41(29-35)33-10-2-1-3-11-33)51-43-15-7-4-12-37(43)38-13-5-8-16-44(38)51/h1-30H. The molecule has 7 aromatic carbocycles. The van der Waals surface area contributed by atoms with Crippen molar-refractivity contribution >= 4 is 43.6 Å². The molecule has 0 aliphatic rings. The molecule has 0 saturated heterocycles. The number of hydrogen-bond donors (Lipinski definition) is 0. The SMILES string of the molecule is N#Cc1ccc(-n2c3ccccc3c3cc(-c4ccc(-n5c6ccccc6c6ccccc65)c(-c5ccccc5)c4)ccc32)c(-c2ccncc2)c1. The molecule has 0 atom stereocenters. The van der Waals surface area contributed by atoms with Crippen molar-refractivity contribution in [2.75, 3.05) is 0 Å². The summed E-state index contributed by atoms with van der Waals surface area (Å²) in [6, 6.07) is 62.6.